The van der Waals surface area contributed by atoms with E-state index in [-0.39, 0.29) is 44.5 Å². The monoisotopic (exact) mass is 581 g/mol. The lowest BCUT2D eigenvalue weighted by Crippen LogP contribution is -2.47. The number of nitrogens with zero attached hydrogens (tertiary/aromatic N) is 2. The van der Waals surface area contributed by atoms with Crippen molar-refractivity contribution in [3.05, 3.63) is 52.5 Å². The largest absolute Gasteiger partial charge is 0.454 e. The van der Waals surface area contributed by atoms with Crippen LogP contribution in [0.2, 0.25) is 0 Å². The van der Waals surface area contributed by atoms with Gasteiger partial charge in [0.05, 0.1) is 11.9 Å². The van der Waals surface area contributed by atoms with Crippen molar-refractivity contribution in [2.75, 3.05) is 30.4 Å². The lowest BCUT2D eigenvalue weighted by molar-refractivity contribution is -0.140. The van der Waals surface area contributed by atoms with Gasteiger partial charge in [-0.15, -0.1) is 0 Å². The second kappa shape index (κ2) is 12.4. The molecule has 0 spiro atoms. The first-order valence-electron chi connectivity index (χ1n) is 11.8. The highest BCUT2D eigenvalue weighted by atomic mass is 79.9. The third-order valence-corrected chi connectivity index (χ3v) is 7.50. The predicted octanol–water partition coefficient (Wildman–Crippen LogP) is 3.67. The molecule has 0 bridgehead atoms. The SMILES string of the molecule is CCCNC(=O)[C@@H](C)N(Cc1ccc(Br)cc1)C(=O)CCCN(c1ccc2c(c1)OCO2)S(C)(=O)=O. The summed E-state index contributed by atoms with van der Waals surface area (Å²) >= 11 is 3.41. The molecule has 2 aromatic carbocycles. The number of benzene rings is 2. The van der Waals surface area contributed by atoms with Gasteiger partial charge in [0.25, 0.3) is 0 Å². The average molecular weight is 583 g/mol. The highest BCUT2D eigenvalue weighted by Gasteiger charge is 2.27. The Morgan fingerprint density at radius 1 is 1.11 bits per heavy atom. The quantitative estimate of drug-likeness (QED) is 0.410. The van der Waals surface area contributed by atoms with E-state index in [1.165, 1.54) is 4.31 Å². The maximum Gasteiger partial charge on any atom is 0.242 e. The van der Waals surface area contributed by atoms with Gasteiger partial charge in [0, 0.05) is 36.6 Å². The van der Waals surface area contributed by atoms with E-state index in [0.717, 1.165) is 22.7 Å². The van der Waals surface area contributed by atoms with Crippen LogP contribution in [-0.2, 0) is 26.2 Å². The van der Waals surface area contributed by atoms with Gasteiger partial charge < -0.3 is 19.7 Å². The maximum absolute atomic E-state index is 13.3. The fourth-order valence-electron chi connectivity index (χ4n) is 3.81. The van der Waals surface area contributed by atoms with Gasteiger partial charge in [-0.05, 0) is 49.6 Å². The summed E-state index contributed by atoms with van der Waals surface area (Å²) in [5.74, 6) is 0.586. The van der Waals surface area contributed by atoms with Crippen molar-refractivity contribution in [2.24, 2.45) is 0 Å². The smallest absolute Gasteiger partial charge is 0.242 e. The van der Waals surface area contributed by atoms with E-state index < -0.39 is 16.1 Å². The van der Waals surface area contributed by atoms with Gasteiger partial charge in [0.1, 0.15) is 6.04 Å². The van der Waals surface area contributed by atoms with Crippen LogP contribution in [0.1, 0.15) is 38.7 Å². The molecule has 196 valence electrons. The molecule has 0 unspecified atom stereocenters. The molecule has 9 nitrogen and oxygen atoms in total. The number of carbonyl (C=O) groups is 2. The minimum absolute atomic E-state index is 0.0818. The predicted molar refractivity (Wildman–Crippen MR) is 141 cm³/mol. The number of rotatable bonds is 12. The third kappa shape index (κ3) is 7.36. The van der Waals surface area contributed by atoms with E-state index in [9.17, 15) is 18.0 Å². The number of hydrogen-bond acceptors (Lipinski definition) is 6. The molecule has 1 atom stereocenters. The molecule has 2 amide bonds. The molecule has 1 N–H and O–H groups in total. The van der Waals surface area contributed by atoms with Crippen molar-refractivity contribution in [3.63, 3.8) is 0 Å². The Hall–Kier alpha value is -2.79. The zero-order valence-electron chi connectivity index (χ0n) is 20.7. The van der Waals surface area contributed by atoms with Gasteiger partial charge in [-0.2, -0.15) is 0 Å². The topological polar surface area (TPSA) is 105 Å². The third-order valence-electron chi connectivity index (χ3n) is 5.78. The number of halogens is 1. The van der Waals surface area contributed by atoms with Gasteiger partial charge in [-0.1, -0.05) is 35.0 Å². The molecule has 0 aromatic heterocycles. The summed E-state index contributed by atoms with van der Waals surface area (Å²) in [6.07, 6.45) is 2.28. The molecular weight excluding hydrogens is 550 g/mol. The van der Waals surface area contributed by atoms with Crippen LogP contribution >= 0.6 is 15.9 Å². The standard InChI is InChI=1S/C25H32BrN3O6S/c1-4-13-27-25(31)18(2)28(16-19-7-9-20(26)10-8-19)24(30)6-5-14-29(36(3,32)33)21-11-12-22-23(15-21)35-17-34-22/h7-12,15,18H,4-6,13-14,16-17H2,1-3H3,(H,27,31)/t18-/m1/s1. The fourth-order valence-corrected chi connectivity index (χ4v) is 5.03. The lowest BCUT2D eigenvalue weighted by Gasteiger charge is -2.29. The van der Waals surface area contributed by atoms with E-state index in [1.54, 1.807) is 30.0 Å². The zero-order chi connectivity index (χ0) is 26.3. The van der Waals surface area contributed by atoms with Gasteiger partial charge in [-0.3, -0.25) is 13.9 Å². The molecule has 1 aliphatic heterocycles. The normalized spacial score (nSPS) is 13.2. The van der Waals surface area contributed by atoms with E-state index >= 15 is 0 Å². The molecule has 0 saturated heterocycles. The molecule has 1 heterocycles. The van der Waals surface area contributed by atoms with Crippen LogP contribution in [0.15, 0.2) is 46.9 Å². The number of hydrogen-bond donors (Lipinski definition) is 1. The van der Waals surface area contributed by atoms with Crippen LogP contribution in [0.4, 0.5) is 5.69 Å². The van der Waals surface area contributed by atoms with Crippen molar-refractivity contribution in [3.8, 4) is 11.5 Å². The molecular formula is C25H32BrN3O6S. The molecule has 1 aliphatic rings. The van der Waals surface area contributed by atoms with Gasteiger partial charge in [0.2, 0.25) is 28.6 Å². The van der Waals surface area contributed by atoms with Crippen LogP contribution in [0.25, 0.3) is 0 Å². The Balaban J connectivity index is 1.71. The number of nitrogens with one attached hydrogen (secondary N) is 1. The molecule has 0 radical (unpaired) electrons. The van der Waals surface area contributed by atoms with Crippen LogP contribution in [0, 0.1) is 0 Å². The zero-order valence-corrected chi connectivity index (χ0v) is 23.1. The minimum atomic E-state index is -3.60. The number of amides is 2. The van der Waals surface area contributed by atoms with Crippen LogP contribution in [-0.4, -0.2) is 57.3 Å². The van der Waals surface area contributed by atoms with Crippen molar-refractivity contribution in [2.45, 2.75) is 45.7 Å². The first-order chi connectivity index (χ1) is 17.1. The molecule has 11 heteroatoms. The number of fused-ring (bicyclic) bond motifs is 1. The Kier molecular flexibility index (Phi) is 9.61. The number of carbonyl (C=O) groups excluding carboxylic acids is 2. The highest BCUT2D eigenvalue weighted by molar-refractivity contribution is 9.10. The van der Waals surface area contributed by atoms with Crippen LogP contribution in [0.3, 0.4) is 0 Å². The summed E-state index contributed by atoms with van der Waals surface area (Å²) in [5, 5.41) is 2.85. The Labute approximate surface area is 220 Å². The Bertz CT molecular complexity index is 1170. The summed E-state index contributed by atoms with van der Waals surface area (Å²) in [6, 6.07) is 11.8. The van der Waals surface area contributed by atoms with E-state index in [2.05, 4.69) is 21.2 Å². The number of anilines is 1. The second-order valence-electron chi connectivity index (χ2n) is 8.59. The molecule has 3 rings (SSSR count). The van der Waals surface area contributed by atoms with E-state index in [0.29, 0.717) is 23.7 Å². The van der Waals surface area contributed by atoms with Gasteiger partial charge in [0.15, 0.2) is 11.5 Å². The van der Waals surface area contributed by atoms with Crippen molar-refractivity contribution in [1.82, 2.24) is 10.2 Å². The lowest BCUT2D eigenvalue weighted by atomic mass is 10.1. The molecule has 2 aromatic rings. The van der Waals surface area contributed by atoms with Crippen LogP contribution in [0.5, 0.6) is 11.5 Å². The summed E-state index contributed by atoms with van der Waals surface area (Å²) in [6.45, 7) is 4.66. The summed E-state index contributed by atoms with van der Waals surface area (Å²) in [4.78, 5) is 27.5. The van der Waals surface area contributed by atoms with Crippen molar-refractivity contribution >= 4 is 43.5 Å². The highest BCUT2D eigenvalue weighted by Crippen LogP contribution is 2.36. The van der Waals surface area contributed by atoms with E-state index in [1.807, 2.05) is 31.2 Å². The summed E-state index contributed by atoms with van der Waals surface area (Å²) < 4.78 is 37.9. The molecule has 0 saturated carbocycles. The number of ether oxygens (including phenoxy) is 2. The first-order valence-corrected chi connectivity index (χ1v) is 14.4. The summed E-state index contributed by atoms with van der Waals surface area (Å²) in [7, 11) is -3.60. The fraction of sp³-hybridized carbons (Fsp3) is 0.440. The Morgan fingerprint density at radius 3 is 2.47 bits per heavy atom. The van der Waals surface area contributed by atoms with Crippen molar-refractivity contribution in [1.29, 1.82) is 0 Å². The first kappa shape index (κ1) is 27.8. The minimum Gasteiger partial charge on any atom is -0.454 e. The molecule has 0 fully saturated rings. The molecule has 36 heavy (non-hydrogen) atoms. The van der Waals surface area contributed by atoms with Crippen LogP contribution < -0.4 is 19.1 Å². The Morgan fingerprint density at radius 2 is 1.81 bits per heavy atom. The summed E-state index contributed by atoms with van der Waals surface area (Å²) in [5.41, 5.74) is 1.33. The van der Waals surface area contributed by atoms with Gasteiger partial charge >= 0.3 is 0 Å². The van der Waals surface area contributed by atoms with E-state index in [4.69, 9.17) is 9.47 Å². The average Bonchev–Trinajstić information content (AvgIpc) is 3.31. The second-order valence-corrected chi connectivity index (χ2v) is 11.4. The number of sulfonamides is 1. The van der Waals surface area contributed by atoms with Crippen molar-refractivity contribution < 1.29 is 27.5 Å². The maximum atomic E-state index is 13.3. The van der Waals surface area contributed by atoms with Gasteiger partial charge in [-0.25, -0.2) is 8.42 Å². The molecule has 0 aliphatic carbocycles.